The summed E-state index contributed by atoms with van der Waals surface area (Å²) in [4.78, 5) is 2.56. The van der Waals surface area contributed by atoms with E-state index in [2.05, 4.69) is 11.8 Å². The number of hydrogen-bond donors (Lipinski definition) is 0. The van der Waals surface area contributed by atoms with E-state index in [4.69, 9.17) is 4.74 Å². The number of rotatable bonds is 1. The van der Waals surface area contributed by atoms with Crippen molar-refractivity contribution in [3.8, 4) is 0 Å². The summed E-state index contributed by atoms with van der Waals surface area (Å²) in [7, 11) is 0. The van der Waals surface area contributed by atoms with Crippen molar-refractivity contribution in [3.05, 3.63) is 0 Å². The molecule has 2 rings (SSSR count). The first-order chi connectivity index (χ1) is 5.37. The first-order valence-electron chi connectivity index (χ1n) is 4.70. The quantitative estimate of drug-likeness (QED) is 0.565. The van der Waals surface area contributed by atoms with Gasteiger partial charge in [0.25, 0.3) is 0 Å². The topological polar surface area (TPSA) is 12.5 Å². The van der Waals surface area contributed by atoms with E-state index in [9.17, 15) is 0 Å². The van der Waals surface area contributed by atoms with E-state index in [1.165, 1.54) is 32.4 Å². The van der Waals surface area contributed by atoms with Crippen molar-refractivity contribution in [2.75, 3.05) is 26.3 Å². The van der Waals surface area contributed by atoms with Gasteiger partial charge in [0, 0.05) is 18.7 Å². The van der Waals surface area contributed by atoms with Gasteiger partial charge in [0.2, 0.25) is 0 Å². The van der Waals surface area contributed by atoms with Crippen LogP contribution >= 0.6 is 0 Å². The lowest BCUT2D eigenvalue weighted by Crippen LogP contribution is -2.63. The third kappa shape index (κ3) is 1.09. The van der Waals surface area contributed by atoms with Crippen LogP contribution in [0.4, 0.5) is 0 Å². The molecule has 0 radical (unpaired) electrons. The Kier molecular flexibility index (Phi) is 1.90. The maximum Gasteiger partial charge on any atom is 0.0650 e. The lowest BCUT2D eigenvalue weighted by atomic mass is 9.80. The Bertz CT molecular complexity index is 138. The molecular formula is C9H17NO. The zero-order valence-corrected chi connectivity index (χ0v) is 7.31. The molecule has 0 saturated carbocycles. The standard InChI is InChI=1S/C9H17NO/c1-2-10-6-5-9(10)4-3-7-11-8-9/h2-8H2,1H3. The Hall–Kier alpha value is -0.0800. The van der Waals surface area contributed by atoms with Crippen molar-refractivity contribution in [2.45, 2.75) is 31.7 Å². The molecule has 0 amide bonds. The van der Waals surface area contributed by atoms with E-state index in [1.807, 2.05) is 0 Å². The molecule has 64 valence electrons. The Morgan fingerprint density at radius 3 is 2.82 bits per heavy atom. The van der Waals surface area contributed by atoms with Crippen LogP contribution in [0.3, 0.4) is 0 Å². The maximum atomic E-state index is 5.52. The third-order valence-corrected chi connectivity index (χ3v) is 3.20. The molecule has 0 N–H and O–H groups in total. The molecule has 0 aliphatic carbocycles. The van der Waals surface area contributed by atoms with Gasteiger partial charge in [0.05, 0.1) is 6.61 Å². The van der Waals surface area contributed by atoms with Gasteiger partial charge in [0.1, 0.15) is 0 Å². The van der Waals surface area contributed by atoms with Crippen LogP contribution in [0, 0.1) is 0 Å². The third-order valence-electron chi connectivity index (χ3n) is 3.20. The Labute approximate surface area is 68.5 Å². The van der Waals surface area contributed by atoms with Crippen molar-refractivity contribution in [3.63, 3.8) is 0 Å². The molecule has 2 fully saturated rings. The summed E-state index contributed by atoms with van der Waals surface area (Å²) < 4.78 is 5.52. The fourth-order valence-electron chi connectivity index (χ4n) is 2.36. The smallest absolute Gasteiger partial charge is 0.0650 e. The highest BCUT2D eigenvalue weighted by Gasteiger charge is 2.44. The Balaban J connectivity index is 1.97. The van der Waals surface area contributed by atoms with Crippen LogP contribution < -0.4 is 0 Å². The molecule has 1 unspecified atom stereocenters. The zero-order chi connectivity index (χ0) is 7.73. The number of ether oxygens (including phenoxy) is 1. The van der Waals surface area contributed by atoms with E-state index in [0.29, 0.717) is 5.54 Å². The van der Waals surface area contributed by atoms with Crippen LogP contribution in [0.2, 0.25) is 0 Å². The van der Waals surface area contributed by atoms with E-state index in [1.54, 1.807) is 0 Å². The highest BCUT2D eigenvalue weighted by Crippen LogP contribution is 2.36. The van der Waals surface area contributed by atoms with Crippen LogP contribution in [0.15, 0.2) is 0 Å². The summed E-state index contributed by atoms with van der Waals surface area (Å²) in [6, 6.07) is 0. The monoisotopic (exact) mass is 155 g/mol. The van der Waals surface area contributed by atoms with E-state index in [-0.39, 0.29) is 0 Å². The first kappa shape index (κ1) is 7.56. The van der Waals surface area contributed by atoms with Crippen molar-refractivity contribution in [1.82, 2.24) is 4.90 Å². The van der Waals surface area contributed by atoms with Gasteiger partial charge < -0.3 is 4.74 Å². The van der Waals surface area contributed by atoms with Gasteiger partial charge >= 0.3 is 0 Å². The lowest BCUT2D eigenvalue weighted by Gasteiger charge is -2.54. The minimum absolute atomic E-state index is 0.479. The summed E-state index contributed by atoms with van der Waals surface area (Å²) in [5.41, 5.74) is 0.479. The molecular weight excluding hydrogens is 138 g/mol. The first-order valence-corrected chi connectivity index (χ1v) is 4.70. The second kappa shape index (κ2) is 2.76. The predicted octanol–water partition coefficient (Wildman–Crippen LogP) is 1.26. The molecule has 2 aliphatic rings. The summed E-state index contributed by atoms with van der Waals surface area (Å²) in [5.74, 6) is 0. The molecule has 2 aliphatic heterocycles. The van der Waals surface area contributed by atoms with Crippen LogP contribution in [0.1, 0.15) is 26.2 Å². The van der Waals surface area contributed by atoms with Crippen LogP contribution in [-0.2, 0) is 4.74 Å². The van der Waals surface area contributed by atoms with Gasteiger partial charge in [-0.2, -0.15) is 0 Å². The fourth-order valence-corrected chi connectivity index (χ4v) is 2.36. The average molecular weight is 155 g/mol. The molecule has 2 heteroatoms. The van der Waals surface area contributed by atoms with Gasteiger partial charge in [0.15, 0.2) is 0 Å². The van der Waals surface area contributed by atoms with Crippen LogP contribution in [0.5, 0.6) is 0 Å². The minimum atomic E-state index is 0.479. The Morgan fingerprint density at radius 2 is 2.36 bits per heavy atom. The van der Waals surface area contributed by atoms with Crippen molar-refractivity contribution in [2.24, 2.45) is 0 Å². The highest BCUT2D eigenvalue weighted by molar-refractivity contribution is 5.00. The summed E-state index contributed by atoms with van der Waals surface area (Å²) in [6.45, 7) is 6.71. The van der Waals surface area contributed by atoms with E-state index in [0.717, 1.165) is 13.2 Å². The number of likely N-dealkylation sites (N-methyl/N-ethyl adjacent to an activating group) is 1. The summed E-state index contributed by atoms with van der Waals surface area (Å²) >= 11 is 0. The van der Waals surface area contributed by atoms with Gasteiger partial charge in [-0.05, 0) is 25.8 Å². The fraction of sp³-hybridized carbons (Fsp3) is 1.00. The largest absolute Gasteiger partial charge is 0.380 e. The minimum Gasteiger partial charge on any atom is -0.380 e. The summed E-state index contributed by atoms with van der Waals surface area (Å²) in [5, 5.41) is 0. The predicted molar refractivity (Wildman–Crippen MR) is 44.6 cm³/mol. The number of likely N-dealkylation sites (tertiary alicyclic amines) is 1. The molecule has 1 atom stereocenters. The molecule has 2 saturated heterocycles. The van der Waals surface area contributed by atoms with Gasteiger partial charge in [-0.25, -0.2) is 0 Å². The SMILES string of the molecule is CCN1CCC12CCCOC2. The lowest BCUT2D eigenvalue weighted by molar-refractivity contribution is -0.106. The van der Waals surface area contributed by atoms with Gasteiger partial charge in [-0.1, -0.05) is 6.92 Å². The molecule has 11 heavy (non-hydrogen) atoms. The number of nitrogens with zero attached hydrogens (tertiary/aromatic N) is 1. The molecule has 1 spiro atoms. The normalized spacial score (nSPS) is 39.0. The average Bonchev–Trinajstić information content (AvgIpc) is 2.05. The molecule has 0 aromatic carbocycles. The molecule has 0 bridgehead atoms. The molecule has 0 aromatic rings. The highest BCUT2D eigenvalue weighted by atomic mass is 16.5. The zero-order valence-electron chi connectivity index (χ0n) is 7.31. The van der Waals surface area contributed by atoms with E-state index >= 15 is 0 Å². The molecule has 2 heterocycles. The van der Waals surface area contributed by atoms with Crippen molar-refractivity contribution >= 4 is 0 Å². The van der Waals surface area contributed by atoms with Crippen molar-refractivity contribution in [1.29, 1.82) is 0 Å². The van der Waals surface area contributed by atoms with Crippen molar-refractivity contribution < 1.29 is 4.74 Å². The number of hydrogen-bond acceptors (Lipinski definition) is 2. The van der Waals surface area contributed by atoms with Gasteiger partial charge in [-0.15, -0.1) is 0 Å². The molecule has 0 aromatic heterocycles. The second-order valence-corrected chi connectivity index (χ2v) is 3.71. The van der Waals surface area contributed by atoms with Crippen LogP contribution in [0.25, 0.3) is 0 Å². The summed E-state index contributed by atoms with van der Waals surface area (Å²) in [6.07, 6.45) is 3.98. The second-order valence-electron chi connectivity index (χ2n) is 3.71. The van der Waals surface area contributed by atoms with Crippen LogP contribution in [-0.4, -0.2) is 36.7 Å². The van der Waals surface area contributed by atoms with Gasteiger partial charge in [-0.3, -0.25) is 4.90 Å². The molecule has 2 nitrogen and oxygen atoms in total. The Morgan fingerprint density at radius 1 is 1.45 bits per heavy atom. The van der Waals surface area contributed by atoms with E-state index < -0.39 is 0 Å². The maximum absolute atomic E-state index is 5.52.